The molecule has 1 fully saturated rings. The fourth-order valence-electron chi connectivity index (χ4n) is 5.52. The number of pyridine rings is 1. The molecule has 1 aromatic heterocycles. The normalized spacial score (nSPS) is 21.3. The lowest BCUT2D eigenvalue weighted by atomic mass is 9.91. The number of amidine groups is 1. The van der Waals surface area contributed by atoms with Crippen molar-refractivity contribution in [2.24, 2.45) is 4.99 Å². The molecule has 0 saturated carbocycles. The minimum absolute atomic E-state index is 0.0665. The van der Waals surface area contributed by atoms with Gasteiger partial charge in [0.05, 0.1) is 6.61 Å². The maximum absolute atomic E-state index is 14.1. The summed E-state index contributed by atoms with van der Waals surface area (Å²) in [6.45, 7) is 7.53. The molecule has 2 atom stereocenters. The van der Waals surface area contributed by atoms with Gasteiger partial charge in [0.15, 0.2) is 11.7 Å². The Morgan fingerprint density at radius 2 is 1.84 bits per heavy atom. The number of aliphatic hydroxyl groups excluding tert-OH is 1. The molecule has 10 heteroatoms. The Kier molecular flexibility index (Phi) is 8.63. The Hall–Kier alpha value is -3.50. The van der Waals surface area contributed by atoms with Crippen molar-refractivity contribution in [2.45, 2.75) is 58.2 Å². The zero-order valence-electron chi connectivity index (χ0n) is 22.6. The highest BCUT2D eigenvalue weighted by Crippen LogP contribution is 2.41. The van der Waals surface area contributed by atoms with Crippen LogP contribution in [-0.2, 0) is 17.6 Å². The smallest absolute Gasteiger partial charge is 0.328 e. The second-order valence-corrected chi connectivity index (χ2v) is 9.73. The molecule has 2 unspecified atom stereocenters. The summed E-state index contributed by atoms with van der Waals surface area (Å²) in [6.07, 6.45) is 5.70. The average molecular weight is 522 g/mol. The number of amides is 3. The molecule has 10 nitrogen and oxygen atoms in total. The molecule has 2 aromatic rings. The molecule has 3 N–H and O–H groups in total. The summed E-state index contributed by atoms with van der Waals surface area (Å²) in [5.74, 6) is 0.445. The number of likely N-dealkylation sites (N-methyl/N-ethyl adjacent to an activating group) is 1. The van der Waals surface area contributed by atoms with Crippen LogP contribution in [0.25, 0.3) is 0 Å². The first-order valence-corrected chi connectivity index (χ1v) is 13.5. The average Bonchev–Trinajstić information content (AvgIpc) is 3.26. The van der Waals surface area contributed by atoms with Gasteiger partial charge in [-0.15, -0.1) is 0 Å². The number of nitrogens with zero attached hydrogens (tertiary/aromatic N) is 6. The minimum atomic E-state index is -1.06. The quantitative estimate of drug-likeness (QED) is 0.412. The molecule has 204 valence electrons. The van der Waals surface area contributed by atoms with Gasteiger partial charge in [-0.3, -0.25) is 24.6 Å². The number of nitrogens with two attached hydrogens (primary N) is 1. The number of hydrogen-bond donors (Lipinski definition) is 2. The fraction of sp³-hybridized carbons (Fsp3) is 0.500. The first-order chi connectivity index (χ1) is 18.4. The zero-order valence-corrected chi connectivity index (χ0v) is 22.6. The summed E-state index contributed by atoms with van der Waals surface area (Å²) in [6, 6.07) is 10.5. The number of rotatable bonds is 12. The summed E-state index contributed by atoms with van der Waals surface area (Å²) in [7, 11) is 0. The van der Waals surface area contributed by atoms with Crippen LogP contribution >= 0.6 is 0 Å². The van der Waals surface area contributed by atoms with Crippen molar-refractivity contribution in [3.05, 3.63) is 59.9 Å². The number of aliphatic imine (C=N–C) groups is 1. The van der Waals surface area contributed by atoms with E-state index in [1.54, 1.807) is 17.3 Å². The third-order valence-corrected chi connectivity index (χ3v) is 7.38. The molecule has 3 heterocycles. The van der Waals surface area contributed by atoms with Crippen LogP contribution in [-0.4, -0.2) is 92.2 Å². The molecule has 3 amide bonds. The third kappa shape index (κ3) is 5.10. The van der Waals surface area contributed by atoms with E-state index < -0.39 is 11.7 Å². The molecule has 1 saturated heterocycles. The van der Waals surface area contributed by atoms with Gasteiger partial charge in [0.2, 0.25) is 0 Å². The minimum Gasteiger partial charge on any atom is -0.399 e. The maximum Gasteiger partial charge on any atom is 0.328 e. The number of hydrazine groups is 1. The van der Waals surface area contributed by atoms with Gasteiger partial charge in [-0.2, -0.15) is 0 Å². The van der Waals surface area contributed by atoms with Crippen molar-refractivity contribution in [3.8, 4) is 0 Å². The van der Waals surface area contributed by atoms with Crippen LogP contribution in [0.2, 0.25) is 0 Å². The summed E-state index contributed by atoms with van der Waals surface area (Å²) in [5.41, 5.74) is 7.50. The Balaban J connectivity index is 1.80. The van der Waals surface area contributed by atoms with Gasteiger partial charge in [-0.1, -0.05) is 39.0 Å². The molecule has 2 aliphatic heterocycles. The van der Waals surface area contributed by atoms with Crippen molar-refractivity contribution >= 4 is 23.5 Å². The van der Waals surface area contributed by atoms with E-state index >= 15 is 0 Å². The van der Waals surface area contributed by atoms with E-state index in [-0.39, 0.29) is 18.5 Å². The van der Waals surface area contributed by atoms with Crippen LogP contribution in [0.3, 0.4) is 0 Å². The number of urea groups is 1. The highest BCUT2D eigenvalue weighted by atomic mass is 16.3. The number of fused-ring (bicyclic) bond motifs is 1. The second kappa shape index (κ2) is 11.9. The number of aliphatic hydroxyl groups is 1. The van der Waals surface area contributed by atoms with Gasteiger partial charge < -0.3 is 10.8 Å². The SMILES string of the molecule is CCCN1C(=O)C2N(N(CC)CCO)C(Cc3cccnc3)=NC2(CC)N(CCc2ccc(N)cc2)C1=O. The Bertz CT molecular complexity index is 1140. The lowest BCUT2D eigenvalue weighted by molar-refractivity contribution is -0.151. The molecule has 2 aliphatic rings. The van der Waals surface area contributed by atoms with Gasteiger partial charge >= 0.3 is 6.03 Å². The van der Waals surface area contributed by atoms with Crippen molar-refractivity contribution in [3.63, 3.8) is 0 Å². The standard InChI is InChI=1S/C28H39N7O3/c1-4-15-33-26(37)25-28(5-2,34(27(33)38)16-13-21-9-11-23(29)12-10-21)31-24(19-22-8-7-14-30-20-22)35(25)32(6-3)17-18-36/h7-12,14,20,25,36H,4-6,13,15-19,29H2,1-3H3. The molecule has 0 bridgehead atoms. The molecular formula is C28H39N7O3. The molecule has 0 aliphatic carbocycles. The predicted molar refractivity (Wildman–Crippen MR) is 147 cm³/mol. The Morgan fingerprint density at radius 1 is 1.08 bits per heavy atom. The number of hydrogen-bond acceptors (Lipinski definition) is 8. The summed E-state index contributed by atoms with van der Waals surface area (Å²) >= 11 is 0. The van der Waals surface area contributed by atoms with Gasteiger partial charge in [-0.25, -0.2) is 14.8 Å². The van der Waals surface area contributed by atoms with Gasteiger partial charge in [-0.05, 0) is 48.6 Å². The zero-order chi connectivity index (χ0) is 27.3. The van der Waals surface area contributed by atoms with E-state index in [0.29, 0.717) is 63.4 Å². The number of benzene rings is 1. The number of aromatic nitrogens is 1. The Labute approximate surface area is 224 Å². The van der Waals surface area contributed by atoms with Gasteiger partial charge in [0.1, 0.15) is 5.84 Å². The van der Waals surface area contributed by atoms with Gasteiger partial charge in [0.25, 0.3) is 5.91 Å². The number of carbonyl (C=O) groups is 2. The monoisotopic (exact) mass is 521 g/mol. The van der Waals surface area contributed by atoms with E-state index in [4.69, 9.17) is 10.7 Å². The second-order valence-electron chi connectivity index (χ2n) is 9.73. The third-order valence-electron chi connectivity index (χ3n) is 7.38. The van der Waals surface area contributed by atoms with Crippen LogP contribution in [0, 0.1) is 0 Å². The van der Waals surface area contributed by atoms with E-state index in [9.17, 15) is 14.7 Å². The van der Waals surface area contributed by atoms with Crippen LogP contribution in [0.1, 0.15) is 44.7 Å². The Morgan fingerprint density at radius 3 is 2.45 bits per heavy atom. The lowest BCUT2D eigenvalue weighted by Crippen LogP contribution is -2.74. The summed E-state index contributed by atoms with van der Waals surface area (Å²) in [4.78, 5) is 40.7. The highest BCUT2D eigenvalue weighted by Gasteiger charge is 2.62. The van der Waals surface area contributed by atoms with Crippen molar-refractivity contribution in [2.75, 3.05) is 38.5 Å². The maximum atomic E-state index is 14.1. The van der Waals surface area contributed by atoms with E-state index in [1.165, 1.54) is 4.90 Å². The van der Waals surface area contributed by atoms with Crippen molar-refractivity contribution in [1.29, 1.82) is 0 Å². The van der Waals surface area contributed by atoms with E-state index in [0.717, 1.165) is 11.1 Å². The van der Waals surface area contributed by atoms with E-state index in [2.05, 4.69) is 4.98 Å². The molecule has 38 heavy (non-hydrogen) atoms. The first-order valence-electron chi connectivity index (χ1n) is 13.5. The molecular weight excluding hydrogens is 482 g/mol. The topological polar surface area (TPSA) is 119 Å². The van der Waals surface area contributed by atoms with Crippen molar-refractivity contribution in [1.82, 2.24) is 24.8 Å². The van der Waals surface area contributed by atoms with E-state index in [1.807, 2.05) is 67.2 Å². The number of nitrogen functional groups attached to an aromatic ring is 1. The number of imide groups is 1. The molecule has 0 radical (unpaired) electrons. The number of carbonyl (C=O) groups excluding carboxylic acids is 2. The van der Waals surface area contributed by atoms with Crippen LogP contribution in [0.15, 0.2) is 53.8 Å². The molecule has 0 spiro atoms. The molecule has 4 rings (SSSR count). The van der Waals surface area contributed by atoms with Crippen LogP contribution < -0.4 is 5.73 Å². The highest BCUT2D eigenvalue weighted by molar-refractivity contribution is 6.05. The van der Waals surface area contributed by atoms with Crippen LogP contribution in [0.4, 0.5) is 10.5 Å². The first kappa shape index (κ1) is 27.5. The van der Waals surface area contributed by atoms with Crippen molar-refractivity contribution < 1.29 is 14.7 Å². The van der Waals surface area contributed by atoms with Gasteiger partial charge in [0, 0.05) is 50.7 Å². The summed E-state index contributed by atoms with van der Waals surface area (Å²) in [5, 5.41) is 13.8. The number of anilines is 1. The lowest BCUT2D eigenvalue weighted by Gasteiger charge is -2.51. The van der Waals surface area contributed by atoms with Crippen LogP contribution in [0.5, 0.6) is 0 Å². The fourth-order valence-corrected chi connectivity index (χ4v) is 5.52. The largest absolute Gasteiger partial charge is 0.399 e. The summed E-state index contributed by atoms with van der Waals surface area (Å²) < 4.78 is 0. The predicted octanol–water partition coefficient (Wildman–Crippen LogP) is 2.54. The molecule has 1 aromatic carbocycles.